The molecule has 6 heteroatoms. The zero-order valence-corrected chi connectivity index (χ0v) is 13.5. The Balaban J connectivity index is 1.67. The molecule has 0 aliphatic carbocycles. The van der Waals surface area contributed by atoms with Gasteiger partial charge in [-0.2, -0.15) is 0 Å². The minimum absolute atomic E-state index is 0.290. The molecule has 3 rings (SSSR count). The van der Waals surface area contributed by atoms with Crippen molar-refractivity contribution in [2.24, 2.45) is 0 Å². The maximum Gasteiger partial charge on any atom is 0.274 e. The Kier molecular flexibility index (Phi) is 5.03. The van der Waals surface area contributed by atoms with Gasteiger partial charge in [-0.05, 0) is 42.0 Å². The monoisotopic (exact) mass is 338 g/mol. The van der Waals surface area contributed by atoms with Crippen LogP contribution in [0.2, 0.25) is 5.02 Å². The molecule has 0 saturated carbocycles. The SMILES string of the molecule is O=C(Nc1cccc(Cl)c1)c1cc(NCc2cccnc2)ccn1. The van der Waals surface area contributed by atoms with E-state index in [1.54, 1.807) is 48.9 Å². The van der Waals surface area contributed by atoms with Gasteiger partial charge in [-0.15, -0.1) is 0 Å². The Bertz CT molecular complexity index is 839. The Morgan fingerprint density at radius 2 is 1.96 bits per heavy atom. The molecule has 0 aliphatic heterocycles. The molecule has 1 amide bonds. The maximum atomic E-state index is 12.3. The van der Waals surface area contributed by atoms with Crippen molar-refractivity contribution >= 4 is 28.9 Å². The minimum atomic E-state index is -0.290. The molecule has 3 aromatic rings. The standard InChI is InChI=1S/C18H15ClN4O/c19-14-4-1-5-16(9-14)23-18(24)17-10-15(6-8-21-17)22-12-13-3-2-7-20-11-13/h1-11H,12H2,(H,21,22)(H,23,24). The molecule has 2 heterocycles. The van der Waals surface area contributed by atoms with Gasteiger partial charge in [-0.1, -0.05) is 23.7 Å². The minimum Gasteiger partial charge on any atom is -0.381 e. The van der Waals surface area contributed by atoms with Gasteiger partial charge in [0, 0.05) is 41.5 Å². The number of hydrogen-bond acceptors (Lipinski definition) is 4. The van der Waals surface area contributed by atoms with E-state index in [4.69, 9.17) is 11.6 Å². The van der Waals surface area contributed by atoms with Crippen molar-refractivity contribution in [1.82, 2.24) is 9.97 Å². The first-order valence-corrected chi connectivity index (χ1v) is 7.74. The van der Waals surface area contributed by atoms with Gasteiger partial charge in [0.15, 0.2) is 0 Å². The van der Waals surface area contributed by atoms with Crippen LogP contribution in [0.3, 0.4) is 0 Å². The third-order valence-corrected chi connectivity index (χ3v) is 3.53. The van der Waals surface area contributed by atoms with E-state index in [0.717, 1.165) is 11.3 Å². The van der Waals surface area contributed by atoms with Gasteiger partial charge in [0.2, 0.25) is 0 Å². The van der Waals surface area contributed by atoms with Crippen LogP contribution >= 0.6 is 11.6 Å². The molecule has 5 nitrogen and oxygen atoms in total. The molecule has 1 aromatic carbocycles. The first-order valence-electron chi connectivity index (χ1n) is 7.36. The molecule has 0 spiro atoms. The molecule has 0 aliphatic rings. The summed E-state index contributed by atoms with van der Waals surface area (Å²) in [5, 5.41) is 6.59. The first kappa shape index (κ1) is 16.0. The van der Waals surface area contributed by atoms with Crippen molar-refractivity contribution in [3.8, 4) is 0 Å². The molecule has 0 bridgehead atoms. The summed E-state index contributed by atoms with van der Waals surface area (Å²) >= 11 is 5.92. The van der Waals surface area contributed by atoms with Gasteiger partial charge in [-0.25, -0.2) is 0 Å². The van der Waals surface area contributed by atoms with Crippen molar-refractivity contribution in [1.29, 1.82) is 0 Å². The zero-order valence-electron chi connectivity index (χ0n) is 12.7. The average Bonchev–Trinajstić information content (AvgIpc) is 2.61. The summed E-state index contributed by atoms with van der Waals surface area (Å²) in [5.74, 6) is -0.290. The highest BCUT2D eigenvalue weighted by molar-refractivity contribution is 6.30. The van der Waals surface area contributed by atoms with Crippen LogP contribution in [-0.2, 0) is 6.54 Å². The van der Waals surface area contributed by atoms with E-state index in [-0.39, 0.29) is 5.91 Å². The number of carbonyl (C=O) groups excluding carboxylic acids is 1. The zero-order chi connectivity index (χ0) is 16.8. The molecule has 24 heavy (non-hydrogen) atoms. The highest BCUT2D eigenvalue weighted by Crippen LogP contribution is 2.16. The van der Waals surface area contributed by atoms with Crippen molar-refractivity contribution in [2.45, 2.75) is 6.54 Å². The number of benzene rings is 1. The average molecular weight is 339 g/mol. The molecule has 0 fully saturated rings. The van der Waals surface area contributed by atoms with E-state index in [1.165, 1.54) is 0 Å². The van der Waals surface area contributed by atoms with Crippen LogP contribution in [0.4, 0.5) is 11.4 Å². The lowest BCUT2D eigenvalue weighted by Crippen LogP contribution is -2.14. The summed E-state index contributed by atoms with van der Waals surface area (Å²) in [5.41, 5.74) is 2.82. The Morgan fingerprint density at radius 1 is 1.04 bits per heavy atom. The number of rotatable bonds is 5. The van der Waals surface area contributed by atoms with Gasteiger partial charge < -0.3 is 10.6 Å². The van der Waals surface area contributed by atoms with E-state index in [9.17, 15) is 4.79 Å². The van der Waals surface area contributed by atoms with E-state index >= 15 is 0 Å². The lowest BCUT2D eigenvalue weighted by molar-refractivity contribution is 0.102. The summed E-state index contributed by atoms with van der Waals surface area (Å²) in [6, 6.07) is 14.4. The molecule has 120 valence electrons. The molecule has 0 unspecified atom stereocenters. The fourth-order valence-electron chi connectivity index (χ4n) is 2.13. The second-order valence-electron chi connectivity index (χ2n) is 5.11. The first-order chi connectivity index (χ1) is 11.7. The van der Waals surface area contributed by atoms with Crippen LogP contribution in [0.5, 0.6) is 0 Å². The molecule has 0 saturated heterocycles. The predicted molar refractivity (Wildman–Crippen MR) is 95.2 cm³/mol. The number of amides is 1. The Morgan fingerprint density at radius 3 is 2.75 bits per heavy atom. The van der Waals surface area contributed by atoms with E-state index < -0.39 is 0 Å². The van der Waals surface area contributed by atoms with Crippen molar-refractivity contribution in [3.05, 3.63) is 83.4 Å². The molecule has 0 radical (unpaired) electrons. The van der Waals surface area contributed by atoms with E-state index in [1.807, 2.05) is 18.2 Å². The number of aromatic nitrogens is 2. The summed E-state index contributed by atoms with van der Waals surface area (Å²) in [6.07, 6.45) is 5.12. The largest absolute Gasteiger partial charge is 0.381 e. The second kappa shape index (κ2) is 7.57. The Hall–Kier alpha value is -2.92. The lowest BCUT2D eigenvalue weighted by Gasteiger charge is -2.08. The van der Waals surface area contributed by atoms with Crippen LogP contribution in [0.25, 0.3) is 0 Å². The molecular formula is C18H15ClN4O. The normalized spacial score (nSPS) is 10.2. The van der Waals surface area contributed by atoms with Crippen LogP contribution in [0.1, 0.15) is 16.1 Å². The number of halogens is 1. The molecular weight excluding hydrogens is 324 g/mol. The summed E-state index contributed by atoms with van der Waals surface area (Å²) in [6.45, 7) is 0.618. The maximum absolute atomic E-state index is 12.3. The van der Waals surface area contributed by atoms with Crippen LogP contribution in [0, 0.1) is 0 Å². The number of nitrogens with zero attached hydrogens (tertiary/aromatic N) is 2. The molecule has 2 aromatic heterocycles. The highest BCUT2D eigenvalue weighted by atomic mass is 35.5. The fourth-order valence-corrected chi connectivity index (χ4v) is 2.32. The lowest BCUT2D eigenvalue weighted by atomic mass is 10.2. The number of pyridine rings is 2. The van der Waals surface area contributed by atoms with Crippen LogP contribution < -0.4 is 10.6 Å². The van der Waals surface area contributed by atoms with Crippen molar-refractivity contribution in [2.75, 3.05) is 10.6 Å². The third-order valence-electron chi connectivity index (χ3n) is 3.29. The quantitative estimate of drug-likeness (QED) is 0.738. The van der Waals surface area contributed by atoms with Gasteiger partial charge in [0.25, 0.3) is 5.91 Å². The summed E-state index contributed by atoms with van der Waals surface area (Å²) < 4.78 is 0. The summed E-state index contributed by atoms with van der Waals surface area (Å²) in [4.78, 5) is 20.5. The highest BCUT2D eigenvalue weighted by Gasteiger charge is 2.08. The molecule has 2 N–H and O–H groups in total. The topological polar surface area (TPSA) is 66.9 Å². The number of hydrogen-bond donors (Lipinski definition) is 2. The number of nitrogens with one attached hydrogen (secondary N) is 2. The summed E-state index contributed by atoms with van der Waals surface area (Å²) in [7, 11) is 0. The predicted octanol–water partition coefficient (Wildman–Crippen LogP) is 3.99. The Labute approximate surface area is 144 Å². The number of anilines is 2. The van der Waals surface area contributed by atoms with Crippen LogP contribution in [-0.4, -0.2) is 15.9 Å². The second-order valence-corrected chi connectivity index (χ2v) is 5.55. The van der Waals surface area contributed by atoms with Gasteiger partial charge in [0.05, 0.1) is 0 Å². The fraction of sp³-hybridized carbons (Fsp3) is 0.0556. The van der Waals surface area contributed by atoms with E-state index in [0.29, 0.717) is 22.9 Å². The van der Waals surface area contributed by atoms with Crippen molar-refractivity contribution in [3.63, 3.8) is 0 Å². The van der Waals surface area contributed by atoms with Gasteiger partial charge in [0.1, 0.15) is 5.69 Å². The van der Waals surface area contributed by atoms with Crippen molar-refractivity contribution < 1.29 is 4.79 Å². The smallest absolute Gasteiger partial charge is 0.274 e. The van der Waals surface area contributed by atoms with Crippen LogP contribution in [0.15, 0.2) is 67.1 Å². The van der Waals surface area contributed by atoms with Gasteiger partial charge >= 0.3 is 0 Å². The third kappa shape index (κ3) is 4.30. The van der Waals surface area contributed by atoms with E-state index in [2.05, 4.69) is 20.6 Å². The number of carbonyl (C=O) groups is 1. The van der Waals surface area contributed by atoms with Gasteiger partial charge in [-0.3, -0.25) is 14.8 Å². The molecule has 0 atom stereocenters.